The summed E-state index contributed by atoms with van der Waals surface area (Å²) in [5.41, 5.74) is -0.984. The number of hydrogen-bond acceptors (Lipinski definition) is 6. The number of H-pyrrole nitrogens is 1. The number of carboxylic acid groups (broad SMARTS) is 1. The van der Waals surface area contributed by atoms with E-state index in [0.717, 1.165) is 35.0 Å². The highest BCUT2D eigenvalue weighted by Gasteiger charge is 2.13. The summed E-state index contributed by atoms with van der Waals surface area (Å²) in [6.07, 6.45) is 0.962. The normalized spacial score (nSPS) is 11.0. The van der Waals surface area contributed by atoms with Gasteiger partial charge in [-0.25, -0.2) is 9.18 Å². The molecular weight excluding hydrogens is 389 g/mol. The third kappa shape index (κ3) is 3.67. The van der Waals surface area contributed by atoms with Crippen LogP contribution in [-0.4, -0.2) is 37.1 Å². The van der Waals surface area contributed by atoms with E-state index in [1.165, 1.54) is 18.2 Å². The van der Waals surface area contributed by atoms with Gasteiger partial charge in [-0.2, -0.15) is 0 Å². The Kier molecular flexibility index (Phi) is 5.05. The smallest absolute Gasteiger partial charge is 0.335 e. The van der Waals surface area contributed by atoms with Gasteiger partial charge in [0, 0.05) is 6.21 Å². The van der Waals surface area contributed by atoms with Crippen LogP contribution in [-0.2, 0) is 0 Å². The Balaban J connectivity index is 2.12. The second kappa shape index (κ2) is 7.45. The van der Waals surface area contributed by atoms with Crippen LogP contribution in [0.1, 0.15) is 15.9 Å². The molecule has 28 heavy (non-hydrogen) atoms. The fourth-order valence-electron chi connectivity index (χ4n) is 2.38. The Hall–Kier alpha value is -3.79. The van der Waals surface area contributed by atoms with Crippen LogP contribution in [0.15, 0.2) is 52.3 Å². The van der Waals surface area contributed by atoms with Gasteiger partial charge in [-0.15, -0.1) is 0 Å². The maximum atomic E-state index is 13.1. The van der Waals surface area contributed by atoms with Gasteiger partial charge in [-0.3, -0.25) is 19.3 Å². The quantitative estimate of drug-likeness (QED) is 0.393. The van der Waals surface area contributed by atoms with Crippen LogP contribution in [0.5, 0.6) is 11.6 Å². The average molecular weight is 401 g/mol. The van der Waals surface area contributed by atoms with Gasteiger partial charge in [0.25, 0.3) is 5.56 Å². The molecule has 2 aromatic carbocycles. The number of phenolic OH excluding ortho intramolecular Hbond substituents is 1. The van der Waals surface area contributed by atoms with E-state index >= 15 is 0 Å². The van der Waals surface area contributed by atoms with Gasteiger partial charge in [0.05, 0.1) is 11.3 Å². The fraction of sp³-hybridized carbons (Fsp3) is 0. The van der Waals surface area contributed by atoms with Crippen molar-refractivity contribution in [1.29, 1.82) is 0 Å². The van der Waals surface area contributed by atoms with Gasteiger partial charge in [-0.05, 0) is 54.7 Å². The van der Waals surface area contributed by atoms with E-state index in [1.54, 1.807) is 0 Å². The highest BCUT2D eigenvalue weighted by molar-refractivity contribution is 7.71. The number of aromatic amines is 1. The van der Waals surface area contributed by atoms with Crippen molar-refractivity contribution in [2.75, 3.05) is 0 Å². The number of carboxylic acids is 1. The number of phenols is 1. The third-order valence-corrected chi connectivity index (χ3v) is 4.05. The number of aromatic carboxylic acids is 1. The fourth-order valence-corrected chi connectivity index (χ4v) is 2.66. The summed E-state index contributed by atoms with van der Waals surface area (Å²) in [6.45, 7) is 0. The zero-order chi connectivity index (χ0) is 20.4. The Morgan fingerprint density at radius 2 is 1.86 bits per heavy atom. The van der Waals surface area contributed by atoms with Crippen LogP contribution in [0, 0.1) is 10.6 Å². The number of aromatic nitrogens is 2. The van der Waals surface area contributed by atoms with E-state index in [-0.39, 0.29) is 27.3 Å². The lowest BCUT2D eigenvalue weighted by Crippen LogP contribution is -2.18. The van der Waals surface area contributed by atoms with Crippen molar-refractivity contribution in [3.05, 3.63) is 74.5 Å². The number of carbonyl (C=O) groups is 1. The van der Waals surface area contributed by atoms with E-state index in [1.807, 2.05) is 0 Å². The third-order valence-electron chi connectivity index (χ3n) is 3.76. The van der Waals surface area contributed by atoms with E-state index in [4.69, 9.17) is 17.3 Å². The second-order valence-electron chi connectivity index (χ2n) is 5.58. The maximum Gasteiger partial charge on any atom is 0.335 e. The van der Waals surface area contributed by atoms with Crippen LogP contribution >= 0.6 is 12.2 Å². The zero-order valence-electron chi connectivity index (χ0n) is 14.0. The molecule has 0 saturated heterocycles. The minimum absolute atomic E-state index is 0.116. The molecule has 3 aromatic rings. The van der Waals surface area contributed by atoms with Crippen molar-refractivity contribution in [2.45, 2.75) is 0 Å². The summed E-state index contributed by atoms with van der Waals surface area (Å²) in [7, 11) is 0. The molecule has 0 aliphatic heterocycles. The number of hydrogen-bond donors (Lipinski definition) is 4. The van der Waals surface area contributed by atoms with Crippen LogP contribution in [0.2, 0.25) is 0 Å². The lowest BCUT2D eigenvalue weighted by Gasteiger charge is -2.11. The van der Waals surface area contributed by atoms with E-state index in [0.29, 0.717) is 5.69 Å². The topological polar surface area (TPSA) is 128 Å². The summed E-state index contributed by atoms with van der Waals surface area (Å²) in [4.78, 5) is 29.5. The first-order valence-electron chi connectivity index (χ1n) is 7.72. The van der Waals surface area contributed by atoms with Crippen molar-refractivity contribution in [3.63, 3.8) is 0 Å². The van der Waals surface area contributed by atoms with Gasteiger partial charge in [-0.1, -0.05) is 0 Å². The first-order chi connectivity index (χ1) is 13.3. The molecule has 4 N–H and O–H groups in total. The number of aliphatic imine (C=N–C) groups is 1. The Morgan fingerprint density at radius 3 is 2.50 bits per heavy atom. The minimum Gasteiger partial charge on any atom is -0.506 e. The highest BCUT2D eigenvalue weighted by atomic mass is 32.1. The monoisotopic (exact) mass is 401 g/mol. The molecule has 0 aliphatic carbocycles. The van der Waals surface area contributed by atoms with Crippen molar-refractivity contribution in [2.24, 2.45) is 4.99 Å². The molecule has 1 heterocycles. The van der Waals surface area contributed by atoms with Crippen LogP contribution < -0.4 is 5.56 Å². The van der Waals surface area contributed by atoms with Gasteiger partial charge in [0.2, 0.25) is 5.88 Å². The molecule has 0 radical (unpaired) electrons. The van der Waals surface area contributed by atoms with Crippen molar-refractivity contribution >= 4 is 30.1 Å². The molecule has 0 aliphatic rings. The maximum absolute atomic E-state index is 13.1. The Labute approximate surface area is 161 Å². The van der Waals surface area contributed by atoms with Crippen LogP contribution in [0.25, 0.3) is 5.69 Å². The molecule has 0 bridgehead atoms. The second-order valence-corrected chi connectivity index (χ2v) is 5.96. The number of nitrogens with one attached hydrogen (secondary N) is 1. The van der Waals surface area contributed by atoms with Gasteiger partial charge >= 0.3 is 5.97 Å². The minimum atomic E-state index is -1.22. The summed E-state index contributed by atoms with van der Waals surface area (Å²) >= 11 is 5.05. The standard InChI is InChI=1S/C18H12FN3O5S/c19-10-2-4-11(5-3-10)22-16(25)12(15(24)21-18(22)28)8-20-13-7-9(17(26)27)1-6-14(13)23/h1-8,23,25H,(H,26,27)(H,21,24,28). The summed E-state index contributed by atoms with van der Waals surface area (Å²) < 4.78 is 14.1. The molecule has 1 aromatic heterocycles. The van der Waals surface area contributed by atoms with Crippen LogP contribution in [0.4, 0.5) is 10.1 Å². The number of halogens is 1. The molecule has 142 valence electrons. The number of benzene rings is 2. The predicted octanol–water partition coefficient (Wildman–Crippen LogP) is 2.89. The van der Waals surface area contributed by atoms with Gasteiger partial charge in [0.15, 0.2) is 4.77 Å². The lowest BCUT2D eigenvalue weighted by molar-refractivity contribution is 0.0697. The van der Waals surface area contributed by atoms with Gasteiger partial charge < -0.3 is 15.3 Å². The van der Waals surface area contributed by atoms with E-state index in [9.17, 15) is 24.2 Å². The molecule has 0 fully saturated rings. The molecule has 8 nitrogen and oxygen atoms in total. The molecule has 0 amide bonds. The predicted molar refractivity (Wildman–Crippen MR) is 101 cm³/mol. The average Bonchev–Trinajstić information content (AvgIpc) is 2.64. The van der Waals surface area contributed by atoms with Crippen molar-refractivity contribution in [3.8, 4) is 17.3 Å². The Morgan fingerprint density at radius 1 is 1.18 bits per heavy atom. The lowest BCUT2D eigenvalue weighted by atomic mass is 10.2. The van der Waals surface area contributed by atoms with Gasteiger partial charge in [0.1, 0.15) is 22.8 Å². The number of nitrogens with zero attached hydrogens (tertiary/aromatic N) is 2. The van der Waals surface area contributed by atoms with E-state index in [2.05, 4.69) is 9.98 Å². The number of rotatable bonds is 4. The van der Waals surface area contributed by atoms with E-state index < -0.39 is 23.2 Å². The zero-order valence-corrected chi connectivity index (χ0v) is 14.8. The molecule has 10 heteroatoms. The summed E-state index contributed by atoms with van der Waals surface area (Å²) in [6, 6.07) is 8.46. The largest absolute Gasteiger partial charge is 0.506 e. The molecule has 0 atom stereocenters. The summed E-state index contributed by atoms with van der Waals surface area (Å²) in [5, 5.41) is 29.3. The molecule has 0 unspecified atom stereocenters. The van der Waals surface area contributed by atoms with Crippen molar-refractivity contribution < 1.29 is 24.5 Å². The summed E-state index contributed by atoms with van der Waals surface area (Å²) in [5.74, 6) is -2.59. The van der Waals surface area contributed by atoms with Crippen LogP contribution in [0.3, 0.4) is 0 Å². The first kappa shape index (κ1) is 19.0. The molecule has 0 spiro atoms. The number of aromatic hydroxyl groups is 2. The molecular formula is C18H12FN3O5S. The highest BCUT2D eigenvalue weighted by Crippen LogP contribution is 2.27. The SMILES string of the molecule is O=C(O)c1ccc(O)c(N=Cc2c(O)n(-c3ccc(F)cc3)c(=S)[nH]c2=O)c1. The van der Waals surface area contributed by atoms with Crippen molar-refractivity contribution in [1.82, 2.24) is 9.55 Å². The molecule has 3 rings (SSSR count). The first-order valence-corrected chi connectivity index (χ1v) is 8.13. The Bertz CT molecular complexity index is 1220. The molecule has 0 saturated carbocycles.